The zero-order valence-corrected chi connectivity index (χ0v) is 31.8. The fraction of sp³-hybridized carbons (Fsp3) is 0. The minimum atomic E-state index is 1.10. The number of fused-ring (bicyclic) bond motifs is 6. The number of hydrogen-bond acceptors (Lipinski definition) is 1. The number of anilines is 3. The molecule has 0 aliphatic heterocycles. The van der Waals surface area contributed by atoms with E-state index in [9.17, 15) is 0 Å². The van der Waals surface area contributed by atoms with Gasteiger partial charge >= 0.3 is 0 Å². The molecule has 272 valence electrons. The van der Waals surface area contributed by atoms with E-state index < -0.39 is 0 Å². The SMILES string of the molecule is c1ccc(-c2cccc(N(c3cccc(-c4cccc(-c5cccc6c5c5ccccc5n6-c5ccccc5)c4)c3)c3ccc4c(ccc5ccccc54)c3)c2)cc1. The van der Waals surface area contributed by atoms with Crippen molar-refractivity contribution in [3.05, 3.63) is 231 Å². The first-order valence-electron chi connectivity index (χ1n) is 19.9. The van der Waals surface area contributed by atoms with Crippen LogP contribution in [0.4, 0.5) is 17.1 Å². The Kier molecular flexibility index (Phi) is 8.19. The van der Waals surface area contributed by atoms with Crippen molar-refractivity contribution in [2.45, 2.75) is 0 Å². The van der Waals surface area contributed by atoms with E-state index in [-0.39, 0.29) is 0 Å². The first-order chi connectivity index (χ1) is 28.8. The Morgan fingerprint density at radius 3 is 1.62 bits per heavy atom. The Balaban J connectivity index is 1.05. The molecule has 0 N–H and O–H groups in total. The first-order valence-corrected chi connectivity index (χ1v) is 19.9. The van der Waals surface area contributed by atoms with E-state index >= 15 is 0 Å². The molecule has 0 aliphatic rings. The second-order valence-electron chi connectivity index (χ2n) is 15.0. The maximum atomic E-state index is 2.40. The van der Waals surface area contributed by atoms with Gasteiger partial charge in [-0.3, -0.25) is 0 Å². The average Bonchev–Trinajstić information content (AvgIpc) is 3.64. The molecule has 10 aromatic carbocycles. The fourth-order valence-corrected chi connectivity index (χ4v) is 8.85. The highest BCUT2D eigenvalue weighted by molar-refractivity contribution is 6.16. The number of nitrogens with zero attached hydrogens (tertiary/aromatic N) is 2. The Morgan fingerprint density at radius 1 is 0.293 bits per heavy atom. The molecule has 11 rings (SSSR count). The predicted molar refractivity (Wildman–Crippen MR) is 247 cm³/mol. The molecular formula is C56H38N2. The van der Waals surface area contributed by atoms with Crippen LogP contribution in [0, 0.1) is 0 Å². The van der Waals surface area contributed by atoms with Crippen LogP contribution < -0.4 is 4.90 Å². The summed E-state index contributed by atoms with van der Waals surface area (Å²) in [7, 11) is 0. The van der Waals surface area contributed by atoms with Crippen LogP contribution in [-0.2, 0) is 0 Å². The van der Waals surface area contributed by atoms with Gasteiger partial charge in [-0.1, -0.05) is 164 Å². The number of benzene rings is 10. The van der Waals surface area contributed by atoms with E-state index in [0.717, 1.165) is 28.3 Å². The fourth-order valence-electron chi connectivity index (χ4n) is 8.85. The van der Waals surface area contributed by atoms with E-state index in [1.807, 2.05) is 0 Å². The number of aromatic nitrogens is 1. The van der Waals surface area contributed by atoms with Gasteiger partial charge in [0.1, 0.15) is 0 Å². The van der Waals surface area contributed by atoms with Crippen molar-refractivity contribution >= 4 is 60.4 Å². The lowest BCUT2D eigenvalue weighted by Crippen LogP contribution is -2.10. The molecule has 0 unspecified atom stereocenters. The van der Waals surface area contributed by atoms with Crippen molar-refractivity contribution in [1.29, 1.82) is 0 Å². The van der Waals surface area contributed by atoms with Crippen LogP contribution in [0.3, 0.4) is 0 Å². The van der Waals surface area contributed by atoms with Gasteiger partial charge in [0.15, 0.2) is 0 Å². The lowest BCUT2D eigenvalue weighted by Gasteiger charge is -2.27. The third kappa shape index (κ3) is 5.82. The molecule has 0 aliphatic carbocycles. The van der Waals surface area contributed by atoms with E-state index in [0.29, 0.717) is 0 Å². The van der Waals surface area contributed by atoms with E-state index in [1.54, 1.807) is 0 Å². The molecule has 1 aromatic heterocycles. The highest BCUT2D eigenvalue weighted by Crippen LogP contribution is 2.42. The Bertz CT molecular complexity index is 3290. The van der Waals surface area contributed by atoms with Gasteiger partial charge in [0.2, 0.25) is 0 Å². The molecule has 0 bridgehead atoms. The van der Waals surface area contributed by atoms with Gasteiger partial charge in [-0.15, -0.1) is 0 Å². The number of hydrogen-bond donors (Lipinski definition) is 0. The standard InChI is InChI=1S/C56H38N2/c1-3-15-39(16-4-1)42-19-12-24-47(36-42)57(49-33-34-51-45(38-49)32-31-40-17-7-8-26-50(40)51)48-25-13-20-43(37-48)41-18-11-21-44(35-41)52-28-14-30-55-56(52)53-27-9-10-29-54(53)58(55)46-22-5-2-6-23-46/h1-38H. The van der Waals surface area contributed by atoms with Crippen molar-refractivity contribution in [3.8, 4) is 39.1 Å². The van der Waals surface area contributed by atoms with Gasteiger partial charge in [-0.2, -0.15) is 0 Å². The summed E-state index contributed by atoms with van der Waals surface area (Å²) in [5.74, 6) is 0. The molecular weight excluding hydrogens is 701 g/mol. The Labute approximate surface area is 338 Å². The van der Waals surface area contributed by atoms with Gasteiger partial charge in [0.25, 0.3) is 0 Å². The number of rotatable bonds is 7. The van der Waals surface area contributed by atoms with Crippen LogP contribution in [0.25, 0.3) is 82.4 Å². The lowest BCUT2D eigenvalue weighted by atomic mass is 9.95. The van der Waals surface area contributed by atoms with Gasteiger partial charge in [-0.05, 0) is 122 Å². The molecule has 0 fully saturated rings. The second-order valence-corrected chi connectivity index (χ2v) is 15.0. The van der Waals surface area contributed by atoms with Crippen molar-refractivity contribution in [2.24, 2.45) is 0 Å². The normalized spacial score (nSPS) is 11.4. The average molecular weight is 739 g/mol. The quantitative estimate of drug-likeness (QED) is 0.148. The molecule has 1 heterocycles. The minimum Gasteiger partial charge on any atom is -0.310 e. The monoisotopic (exact) mass is 738 g/mol. The maximum absolute atomic E-state index is 2.40. The van der Waals surface area contributed by atoms with Crippen LogP contribution in [0.15, 0.2) is 231 Å². The minimum absolute atomic E-state index is 1.10. The van der Waals surface area contributed by atoms with Crippen LogP contribution in [0.1, 0.15) is 0 Å². The van der Waals surface area contributed by atoms with Crippen molar-refractivity contribution < 1.29 is 0 Å². The molecule has 0 saturated carbocycles. The summed E-state index contributed by atoms with van der Waals surface area (Å²) in [6, 6.07) is 83.7. The van der Waals surface area contributed by atoms with Crippen molar-refractivity contribution in [3.63, 3.8) is 0 Å². The van der Waals surface area contributed by atoms with Gasteiger partial charge < -0.3 is 9.47 Å². The first kappa shape index (κ1) is 33.6. The molecule has 58 heavy (non-hydrogen) atoms. The molecule has 11 aromatic rings. The summed E-state index contributed by atoms with van der Waals surface area (Å²) >= 11 is 0. The van der Waals surface area contributed by atoms with Crippen molar-refractivity contribution in [1.82, 2.24) is 4.57 Å². The third-order valence-electron chi connectivity index (χ3n) is 11.5. The highest BCUT2D eigenvalue weighted by Gasteiger charge is 2.18. The maximum Gasteiger partial charge on any atom is 0.0547 e. The molecule has 2 nitrogen and oxygen atoms in total. The summed E-state index contributed by atoms with van der Waals surface area (Å²) in [5, 5.41) is 7.51. The number of para-hydroxylation sites is 2. The summed E-state index contributed by atoms with van der Waals surface area (Å²) in [6.45, 7) is 0. The van der Waals surface area contributed by atoms with E-state index in [1.165, 1.54) is 71.2 Å². The largest absolute Gasteiger partial charge is 0.310 e. The highest BCUT2D eigenvalue weighted by atomic mass is 15.1. The smallest absolute Gasteiger partial charge is 0.0547 e. The Morgan fingerprint density at radius 2 is 0.828 bits per heavy atom. The summed E-state index contributed by atoms with van der Waals surface area (Å²) < 4.78 is 2.39. The van der Waals surface area contributed by atoms with Gasteiger partial charge in [0, 0.05) is 33.5 Å². The summed E-state index contributed by atoms with van der Waals surface area (Å²) in [4.78, 5) is 2.40. The van der Waals surface area contributed by atoms with Crippen LogP contribution in [0.5, 0.6) is 0 Å². The van der Waals surface area contributed by atoms with E-state index in [2.05, 4.69) is 240 Å². The molecule has 0 saturated heterocycles. The lowest BCUT2D eigenvalue weighted by molar-refractivity contribution is 1.18. The van der Waals surface area contributed by atoms with E-state index in [4.69, 9.17) is 0 Å². The summed E-state index contributed by atoms with van der Waals surface area (Å²) in [6.07, 6.45) is 0. The molecule has 0 spiro atoms. The molecule has 0 radical (unpaired) electrons. The Hall–Kier alpha value is -7.68. The van der Waals surface area contributed by atoms with Gasteiger partial charge in [0.05, 0.1) is 11.0 Å². The molecule has 0 atom stereocenters. The topological polar surface area (TPSA) is 8.17 Å². The van der Waals surface area contributed by atoms with Crippen molar-refractivity contribution in [2.75, 3.05) is 4.90 Å². The molecule has 0 amide bonds. The second kappa shape index (κ2) is 14.1. The van der Waals surface area contributed by atoms with Gasteiger partial charge in [-0.25, -0.2) is 0 Å². The van der Waals surface area contributed by atoms with Crippen LogP contribution in [-0.4, -0.2) is 4.57 Å². The zero-order chi connectivity index (χ0) is 38.4. The van der Waals surface area contributed by atoms with Crippen LogP contribution >= 0.6 is 0 Å². The zero-order valence-electron chi connectivity index (χ0n) is 31.8. The predicted octanol–water partition coefficient (Wildman–Crippen LogP) is 15.6. The third-order valence-corrected chi connectivity index (χ3v) is 11.5. The molecule has 2 heteroatoms. The summed E-state index contributed by atoms with van der Waals surface area (Å²) in [5.41, 5.74) is 14.0. The van der Waals surface area contributed by atoms with Crippen LogP contribution in [0.2, 0.25) is 0 Å².